The summed E-state index contributed by atoms with van der Waals surface area (Å²) in [4.78, 5) is 16.7. The Labute approximate surface area is 140 Å². The molecule has 120 valence electrons. The molecule has 0 aliphatic heterocycles. The maximum atomic E-state index is 13.1. The molecule has 3 aromatic heterocycles. The third kappa shape index (κ3) is 2.24. The lowest BCUT2D eigenvalue weighted by molar-refractivity contribution is 0.628. The van der Waals surface area contributed by atoms with Gasteiger partial charge in [0.15, 0.2) is 16.8 Å². The molecule has 4 rings (SSSR count). The Hall–Kier alpha value is -2.81. The van der Waals surface area contributed by atoms with Gasteiger partial charge in [0, 0.05) is 17.9 Å². The second-order valence-electron chi connectivity index (χ2n) is 5.14. The van der Waals surface area contributed by atoms with Gasteiger partial charge in [-0.1, -0.05) is 12.1 Å². The summed E-state index contributed by atoms with van der Waals surface area (Å²) in [7, 11) is 0. The van der Waals surface area contributed by atoms with Gasteiger partial charge in [0.2, 0.25) is 0 Å². The summed E-state index contributed by atoms with van der Waals surface area (Å²) in [6.45, 7) is 0.435. The van der Waals surface area contributed by atoms with Gasteiger partial charge in [0.05, 0.1) is 6.20 Å². The summed E-state index contributed by atoms with van der Waals surface area (Å²) in [5.74, 6) is 0.192. The molecule has 0 aliphatic rings. The molecule has 4 aromatic rings. The quantitative estimate of drug-likeness (QED) is 0.572. The molecule has 24 heavy (non-hydrogen) atoms. The molecule has 0 bridgehead atoms. The lowest BCUT2D eigenvalue weighted by Crippen LogP contribution is -2.23. The van der Waals surface area contributed by atoms with Crippen LogP contribution >= 0.6 is 12.6 Å². The van der Waals surface area contributed by atoms with Gasteiger partial charge >= 0.3 is 0 Å². The van der Waals surface area contributed by atoms with E-state index in [9.17, 15) is 9.18 Å². The fraction of sp³-hybridized carbons (Fsp3) is 0.133. The van der Waals surface area contributed by atoms with Crippen molar-refractivity contribution in [2.24, 2.45) is 0 Å². The van der Waals surface area contributed by atoms with Crippen LogP contribution in [0.5, 0.6) is 0 Å². The van der Waals surface area contributed by atoms with Crippen LogP contribution in [-0.4, -0.2) is 35.1 Å². The fourth-order valence-corrected chi connectivity index (χ4v) is 2.72. The first-order chi connectivity index (χ1) is 11.7. The molecule has 0 amide bonds. The SMILES string of the molecule is O=c1c2nnc3c(-c4ccc(F)cc4)cnn3c2ncn1CCS. The highest BCUT2D eigenvalue weighted by atomic mass is 32.1. The molecule has 0 unspecified atom stereocenters. The Morgan fingerprint density at radius 1 is 1.12 bits per heavy atom. The zero-order valence-electron chi connectivity index (χ0n) is 12.3. The number of aromatic nitrogens is 6. The van der Waals surface area contributed by atoms with Crippen LogP contribution in [0.25, 0.3) is 27.9 Å². The monoisotopic (exact) mass is 342 g/mol. The highest BCUT2D eigenvalue weighted by Gasteiger charge is 2.15. The minimum atomic E-state index is -0.321. The first kappa shape index (κ1) is 14.8. The Morgan fingerprint density at radius 3 is 2.67 bits per heavy atom. The van der Waals surface area contributed by atoms with Gasteiger partial charge in [-0.2, -0.15) is 22.2 Å². The maximum Gasteiger partial charge on any atom is 0.283 e. The molecule has 1 aromatic carbocycles. The molecule has 3 heterocycles. The molecule has 0 N–H and O–H groups in total. The van der Waals surface area contributed by atoms with E-state index >= 15 is 0 Å². The van der Waals surface area contributed by atoms with Crippen molar-refractivity contribution in [2.45, 2.75) is 6.54 Å². The Morgan fingerprint density at radius 2 is 1.92 bits per heavy atom. The topological polar surface area (TPSA) is 78.0 Å². The predicted octanol–water partition coefficient (Wildman–Crippen LogP) is 1.57. The average molecular weight is 342 g/mol. The molecule has 0 fully saturated rings. The number of nitrogens with zero attached hydrogens (tertiary/aromatic N) is 6. The average Bonchev–Trinajstić information content (AvgIpc) is 3.02. The van der Waals surface area contributed by atoms with Crippen molar-refractivity contribution in [2.75, 3.05) is 5.75 Å². The molecule has 0 spiro atoms. The van der Waals surface area contributed by atoms with Crippen LogP contribution < -0.4 is 5.56 Å². The molecular weight excluding hydrogens is 331 g/mol. The van der Waals surface area contributed by atoms with Gasteiger partial charge in [0.1, 0.15) is 12.1 Å². The van der Waals surface area contributed by atoms with E-state index in [-0.39, 0.29) is 16.9 Å². The molecule has 0 aliphatic carbocycles. The van der Waals surface area contributed by atoms with E-state index in [2.05, 4.69) is 32.9 Å². The number of halogens is 1. The predicted molar refractivity (Wildman–Crippen MR) is 89.6 cm³/mol. The van der Waals surface area contributed by atoms with Gasteiger partial charge in [0.25, 0.3) is 5.56 Å². The maximum absolute atomic E-state index is 13.1. The van der Waals surface area contributed by atoms with Crippen LogP contribution in [0.15, 0.2) is 41.6 Å². The van der Waals surface area contributed by atoms with Gasteiger partial charge in [-0.3, -0.25) is 9.36 Å². The van der Waals surface area contributed by atoms with Gasteiger partial charge in [-0.25, -0.2) is 9.37 Å². The van der Waals surface area contributed by atoms with Gasteiger partial charge in [-0.05, 0) is 17.7 Å². The van der Waals surface area contributed by atoms with Crippen LogP contribution in [0.4, 0.5) is 4.39 Å². The zero-order chi connectivity index (χ0) is 16.7. The van der Waals surface area contributed by atoms with Crippen molar-refractivity contribution in [3.63, 3.8) is 0 Å². The lowest BCUT2D eigenvalue weighted by Gasteiger charge is -2.04. The zero-order valence-corrected chi connectivity index (χ0v) is 13.2. The first-order valence-corrected chi connectivity index (χ1v) is 7.78. The highest BCUT2D eigenvalue weighted by molar-refractivity contribution is 7.80. The van der Waals surface area contributed by atoms with Crippen molar-refractivity contribution >= 4 is 29.4 Å². The molecule has 0 atom stereocenters. The Kier molecular flexibility index (Phi) is 3.49. The van der Waals surface area contributed by atoms with Crippen molar-refractivity contribution in [3.8, 4) is 11.1 Å². The normalized spacial score (nSPS) is 11.4. The summed E-state index contributed by atoms with van der Waals surface area (Å²) in [5, 5.41) is 12.4. The van der Waals surface area contributed by atoms with E-state index in [1.807, 2.05) is 0 Å². The standard InChI is InChI=1S/C15H11FN6OS/c16-10-3-1-9(2-4-10)11-7-18-22-13(11)20-19-12-14(22)17-8-21(5-6-24)15(12)23/h1-4,7-8,24H,5-6H2. The van der Waals surface area contributed by atoms with E-state index in [0.717, 1.165) is 5.56 Å². The van der Waals surface area contributed by atoms with Crippen LogP contribution in [0.2, 0.25) is 0 Å². The van der Waals surface area contributed by atoms with Crippen molar-refractivity contribution in [3.05, 3.63) is 53.0 Å². The van der Waals surface area contributed by atoms with E-state index in [4.69, 9.17) is 0 Å². The van der Waals surface area contributed by atoms with Crippen molar-refractivity contribution < 1.29 is 4.39 Å². The number of rotatable bonds is 3. The summed E-state index contributed by atoms with van der Waals surface area (Å²) < 4.78 is 16.0. The second-order valence-corrected chi connectivity index (χ2v) is 5.59. The van der Waals surface area contributed by atoms with Crippen molar-refractivity contribution in [1.82, 2.24) is 29.4 Å². The number of hydrogen-bond donors (Lipinski definition) is 1. The number of hydrogen-bond acceptors (Lipinski definition) is 6. The van der Waals surface area contributed by atoms with Crippen LogP contribution in [0.3, 0.4) is 0 Å². The molecule has 9 heteroatoms. The summed E-state index contributed by atoms with van der Waals surface area (Å²) >= 11 is 4.12. The second kappa shape index (κ2) is 5.68. The Balaban J connectivity index is 1.96. The fourth-order valence-electron chi connectivity index (χ4n) is 2.50. The van der Waals surface area contributed by atoms with E-state index < -0.39 is 0 Å². The number of benzene rings is 1. The Bertz CT molecular complexity index is 1100. The largest absolute Gasteiger partial charge is 0.296 e. The molecular formula is C15H11FN6OS. The third-order valence-electron chi connectivity index (χ3n) is 3.68. The van der Waals surface area contributed by atoms with Crippen LogP contribution in [0.1, 0.15) is 0 Å². The summed E-state index contributed by atoms with van der Waals surface area (Å²) in [6, 6.07) is 6.00. The van der Waals surface area contributed by atoms with Crippen molar-refractivity contribution in [1.29, 1.82) is 0 Å². The van der Waals surface area contributed by atoms with Gasteiger partial charge < -0.3 is 0 Å². The number of thiol groups is 1. The van der Waals surface area contributed by atoms with Crippen LogP contribution in [-0.2, 0) is 6.54 Å². The minimum Gasteiger partial charge on any atom is -0.296 e. The van der Waals surface area contributed by atoms with Gasteiger partial charge in [-0.15, -0.1) is 10.2 Å². The smallest absolute Gasteiger partial charge is 0.283 e. The highest BCUT2D eigenvalue weighted by Crippen LogP contribution is 2.24. The molecule has 0 saturated heterocycles. The molecule has 0 radical (unpaired) electrons. The lowest BCUT2D eigenvalue weighted by atomic mass is 10.1. The summed E-state index contributed by atoms with van der Waals surface area (Å²) in [5.41, 5.74) is 2.07. The first-order valence-electron chi connectivity index (χ1n) is 7.15. The third-order valence-corrected chi connectivity index (χ3v) is 3.88. The molecule has 7 nitrogen and oxygen atoms in total. The number of aryl methyl sites for hydroxylation is 1. The minimum absolute atomic E-state index is 0.139. The molecule has 0 saturated carbocycles. The number of fused-ring (bicyclic) bond motifs is 3. The van der Waals surface area contributed by atoms with E-state index in [1.54, 1.807) is 18.3 Å². The van der Waals surface area contributed by atoms with E-state index in [0.29, 0.717) is 29.2 Å². The summed E-state index contributed by atoms with van der Waals surface area (Å²) in [6.07, 6.45) is 3.04. The van der Waals surface area contributed by atoms with Crippen LogP contribution in [0, 0.1) is 5.82 Å². The van der Waals surface area contributed by atoms with E-state index in [1.165, 1.54) is 27.5 Å².